The molecule has 1 atom stereocenters. The topological polar surface area (TPSA) is 84.5 Å². The van der Waals surface area contributed by atoms with Crippen molar-refractivity contribution in [3.05, 3.63) is 18.2 Å². The zero-order valence-corrected chi connectivity index (χ0v) is 14.8. The standard InChI is InChI=1S/C17H22F3N5O2/c18-17(19,20)13-7-23(10-22-13)5-11-3-16(4-11)8-25(9-16)15(27)24-2-1-12(6-24)14(21)26/h7,10-12H,1-6,8-9H2,(H2,21,26)/t12-/m0/s1. The van der Waals surface area contributed by atoms with E-state index in [0.717, 1.165) is 19.0 Å². The molecule has 1 spiro atoms. The number of primary amides is 1. The lowest BCUT2D eigenvalue weighted by molar-refractivity contribution is -0.141. The Morgan fingerprint density at radius 3 is 2.52 bits per heavy atom. The van der Waals surface area contributed by atoms with E-state index < -0.39 is 11.9 Å². The summed E-state index contributed by atoms with van der Waals surface area (Å²) < 4.78 is 39.3. The fourth-order valence-electron chi connectivity index (χ4n) is 4.72. The van der Waals surface area contributed by atoms with Gasteiger partial charge < -0.3 is 20.1 Å². The van der Waals surface area contributed by atoms with Crippen molar-refractivity contribution in [3.8, 4) is 0 Å². The average Bonchev–Trinajstić information content (AvgIpc) is 3.16. The van der Waals surface area contributed by atoms with Crippen LogP contribution in [0.4, 0.5) is 18.0 Å². The summed E-state index contributed by atoms with van der Waals surface area (Å²) in [4.78, 5) is 30.6. The number of aromatic nitrogens is 2. The van der Waals surface area contributed by atoms with Gasteiger partial charge in [0.25, 0.3) is 0 Å². The van der Waals surface area contributed by atoms with Crippen molar-refractivity contribution in [1.29, 1.82) is 0 Å². The maximum absolute atomic E-state index is 12.6. The highest BCUT2D eigenvalue weighted by Crippen LogP contribution is 2.52. The number of likely N-dealkylation sites (tertiary alicyclic amines) is 2. The number of rotatable bonds is 3. The number of alkyl halides is 3. The second kappa shape index (κ2) is 6.13. The minimum absolute atomic E-state index is 0.0442. The number of urea groups is 1. The van der Waals surface area contributed by atoms with E-state index in [-0.39, 0.29) is 23.3 Å². The molecule has 1 aromatic heterocycles. The molecule has 0 radical (unpaired) electrons. The van der Waals surface area contributed by atoms with Gasteiger partial charge in [0.15, 0.2) is 5.69 Å². The molecule has 4 rings (SSSR count). The van der Waals surface area contributed by atoms with Gasteiger partial charge in [0.2, 0.25) is 5.91 Å². The molecule has 0 aromatic carbocycles. The molecule has 7 nitrogen and oxygen atoms in total. The van der Waals surface area contributed by atoms with Crippen LogP contribution in [0.3, 0.4) is 0 Å². The van der Waals surface area contributed by atoms with Crippen molar-refractivity contribution in [2.45, 2.75) is 32.0 Å². The van der Waals surface area contributed by atoms with Gasteiger partial charge in [0.1, 0.15) is 0 Å². The Kier molecular flexibility index (Phi) is 4.12. The van der Waals surface area contributed by atoms with Gasteiger partial charge in [-0.1, -0.05) is 0 Å². The number of carbonyl (C=O) groups excluding carboxylic acids is 2. The summed E-state index contributed by atoms with van der Waals surface area (Å²) in [7, 11) is 0. The maximum Gasteiger partial charge on any atom is 0.434 e. The first-order valence-corrected chi connectivity index (χ1v) is 9.07. The first-order chi connectivity index (χ1) is 12.7. The van der Waals surface area contributed by atoms with Gasteiger partial charge in [-0.15, -0.1) is 0 Å². The van der Waals surface area contributed by atoms with Gasteiger partial charge in [-0.3, -0.25) is 4.79 Å². The van der Waals surface area contributed by atoms with Crippen LogP contribution in [0.2, 0.25) is 0 Å². The van der Waals surface area contributed by atoms with Gasteiger partial charge in [0.05, 0.1) is 12.2 Å². The molecule has 2 saturated heterocycles. The first-order valence-electron chi connectivity index (χ1n) is 9.07. The lowest BCUT2D eigenvalue weighted by Gasteiger charge is -2.59. The van der Waals surface area contributed by atoms with E-state index in [0.29, 0.717) is 45.1 Å². The Labute approximate surface area is 154 Å². The maximum atomic E-state index is 12.6. The van der Waals surface area contributed by atoms with Gasteiger partial charge in [-0.05, 0) is 25.2 Å². The molecule has 0 bridgehead atoms. The van der Waals surface area contributed by atoms with Crippen molar-refractivity contribution in [1.82, 2.24) is 19.4 Å². The van der Waals surface area contributed by atoms with E-state index in [2.05, 4.69) is 4.98 Å². The summed E-state index contributed by atoms with van der Waals surface area (Å²) in [6.45, 7) is 2.82. The quantitative estimate of drug-likeness (QED) is 0.857. The van der Waals surface area contributed by atoms with Crippen LogP contribution in [0.1, 0.15) is 25.0 Å². The number of carbonyl (C=O) groups is 2. The summed E-state index contributed by atoms with van der Waals surface area (Å²) in [6.07, 6.45) is 0.286. The van der Waals surface area contributed by atoms with Crippen LogP contribution >= 0.6 is 0 Å². The smallest absolute Gasteiger partial charge is 0.369 e. The summed E-state index contributed by atoms with van der Waals surface area (Å²) in [5.41, 5.74) is 4.54. The van der Waals surface area contributed by atoms with Gasteiger partial charge in [0, 0.05) is 44.3 Å². The third-order valence-electron chi connectivity index (χ3n) is 6.02. The van der Waals surface area contributed by atoms with Crippen LogP contribution in [-0.4, -0.2) is 57.5 Å². The highest BCUT2D eigenvalue weighted by molar-refractivity contribution is 5.80. The third kappa shape index (κ3) is 3.37. The highest BCUT2D eigenvalue weighted by atomic mass is 19.4. The van der Waals surface area contributed by atoms with Crippen LogP contribution < -0.4 is 5.73 Å². The molecule has 0 unspecified atom stereocenters. The fraction of sp³-hybridized carbons (Fsp3) is 0.706. The predicted octanol–water partition coefficient (Wildman–Crippen LogP) is 1.54. The fourth-order valence-corrected chi connectivity index (χ4v) is 4.72. The van der Waals surface area contributed by atoms with Crippen molar-refractivity contribution >= 4 is 11.9 Å². The van der Waals surface area contributed by atoms with Crippen molar-refractivity contribution in [3.63, 3.8) is 0 Å². The minimum Gasteiger partial charge on any atom is -0.369 e. The normalized spacial score (nSPS) is 24.8. The second-order valence-electron chi connectivity index (χ2n) is 8.20. The largest absolute Gasteiger partial charge is 0.434 e. The molecule has 1 saturated carbocycles. The molecule has 27 heavy (non-hydrogen) atoms. The Morgan fingerprint density at radius 2 is 1.96 bits per heavy atom. The van der Waals surface area contributed by atoms with E-state index in [1.165, 1.54) is 10.9 Å². The number of amides is 3. The van der Waals surface area contributed by atoms with Crippen molar-refractivity contribution in [2.24, 2.45) is 23.0 Å². The van der Waals surface area contributed by atoms with E-state index >= 15 is 0 Å². The number of hydrogen-bond donors (Lipinski definition) is 1. The van der Waals surface area contributed by atoms with Crippen LogP contribution in [0.15, 0.2) is 12.5 Å². The lowest BCUT2D eigenvalue weighted by atomic mass is 9.58. The molecule has 3 aliphatic rings. The zero-order chi connectivity index (χ0) is 19.4. The predicted molar refractivity (Wildman–Crippen MR) is 88.2 cm³/mol. The highest BCUT2D eigenvalue weighted by Gasteiger charge is 2.54. The SMILES string of the molecule is NC(=O)[C@H]1CCN(C(=O)N2CC3(CC(Cn4cnc(C(F)(F)F)c4)C3)C2)C1. The van der Waals surface area contributed by atoms with Crippen molar-refractivity contribution < 1.29 is 22.8 Å². The van der Waals surface area contributed by atoms with E-state index in [1.54, 1.807) is 9.80 Å². The Morgan fingerprint density at radius 1 is 1.26 bits per heavy atom. The number of halogens is 3. The minimum atomic E-state index is -4.41. The summed E-state index contributed by atoms with van der Waals surface area (Å²) in [5.74, 6) is -0.307. The Bertz CT molecular complexity index is 748. The van der Waals surface area contributed by atoms with Crippen LogP contribution in [0.25, 0.3) is 0 Å². The zero-order valence-electron chi connectivity index (χ0n) is 14.8. The van der Waals surface area contributed by atoms with Crippen molar-refractivity contribution in [2.75, 3.05) is 26.2 Å². The average molecular weight is 385 g/mol. The summed E-state index contributed by atoms with van der Waals surface area (Å²) in [6, 6.07) is -0.0442. The molecule has 1 aromatic rings. The molecule has 3 fully saturated rings. The Balaban J connectivity index is 1.23. The monoisotopic (exact) mass is 385 g/mol. The second-order valence-corrected chi connectivity index (χ2v) is 8.20. The molecule has 2 aliphatic heterocycles. The molecular weight excluding hydrogens is 363 g/mol. The van der Waals surface area contributed by atoms with Crippen LogP contribution in [0.5, 0.6) is 0 Å². The molecule has 2 N–H and O–H groups in total. The third-order valence-corrected chi connectivity index (χ3v) is 6.02. The molecular formula is C17H22F3N5O2. The first kappa shape index (κ1) is 18.1. The van der Waals surface area contributed by atoms with Gasteiger partial charge >= 0.3 is 12.2 Å². The van der Waals surface area contributed by atoms with E-state index in [1.807, 2.05) is 0 Å². The molecule has 148 valence electrons. The summed E-state index contributed by atoms with van der Waals surface area (Å²) in [5, 5.41) is 0. The van der Waals surface area contributed by atoms with Crippen LogP contribution in [0, 0.1) is 17.3 Å². The molecule has 3 amide bonds. The van der Waals surface area contributed by atoms with E-state index in [9.17, 15) is 22.8 Å². The van der Waals surface area contributed by atoms with Crippen LogP contribution in [-0.2, 0) is 17.5 Å². The number of hydrogen-bond acceptors (Lipinski definition) is 3. The molecule has 1 aliphatic carbocycles. The lowest BCUT2D eigenvalue weighted by Crippen LogP contribution is -2.65. The Hall–Kier alpha value is -2.26. The summed E-state index contributed by atoms with van der Waals surface area (Å²) >= 11 is 0. The van der Waals surface area contributed by atoms with E-state index in [4.69, 9.17) is 5.73 Å². The number of nitrogens with zero attached hydrogens (tertiary/aromatic N) is 4. The molecule has 10 heteroatoms. The number of nitrogens with two attached hydrogens (primary N) is 1. The molecule has 3 heterocycles. The van der Waals surface area contributed by atoms with Gasteiger partial charge in [-0.2, -0.15) is 13.2 Å². The number of imidazole rings is 1. The van der Waals surface area contributed by atoms with Gasteiger partial charge in [-0.25, -0.2) is 9.78 Å².